The summed E-state index contributed by atoms with van der Waals surface area (Å²) in [5.74, 6) is 11.7. The summed E-state index contributed by atoms with van der Waals surface area (Å²) in [6, 6.07) is 0. The number of nitrogens with two attached hydrogens (primary N) is 3. The van der Waals surface area contributed by atoms with Crippen molar-refractivity contribution in [3.63, 3.8) is 0 Å². The van der Waals surface area contributed by atoms with Crippen LogP contribution in [0.1, 0.15) is 18.9 Å². The Hall–Kier alpha value is -1.40. The quantitative estimate of drug-likeness (QED) is 0.432. The smallest absolute Gasteiger partial charge is 0.166 e. The summed E-state index contributed by atoms with van der Waals surface area (Å²) in [7, 11) is 0. The molecule has 6 heteroatoms. The molecule has 1 heterocycles. The molecule has 0 fully saturated rings. The van der Waals surface area contributed by atoms with Crippen LogP contribution in [-0.2, 0) is 6.42 Å². The van der Waals surface area contributed by atoms with Gasteiger partial charge in [-0.05, 0) is 6.42 Å². The van der Waals surface area contributed by atoms with Crippen molar-refractivity contribution in [2.24, 2.45) is 11.7 Å². The van der Waals surface area contributed by atoms with Crippen molar-refractivity contribution >= 4 is 11.6 Å². The summed E-state index contributed by atoms with van der Waals surface area (Å²) in [5, 5.41) is 0.961. The summed E-state index contributed by atoms with van der Waals surface area (Å²) in [6.07, 6.45) is 3.06. The third kappa shape index (κ3) is 2.04. The molecule has 0 unspecified atom stereocenters. The van der Waals surface area contributed by atoms with E-state index < -0.39 is 0 Å². The van der Waals surface area contributed by atoms with Crippen LogP contribution in [0.2, 0.25) is 0 Å². The molecule has 0 bridgehead atoms. The lowest BCUT2D eigenvalue weighted by atomic mass is 10.1. The second-order valence-corrected chi connectivity index (χ2v) is 2.72. The molecule has 0 aliphatic rings. The van der Waals surface area contributed by atoms with E-state index in [0.29, 0.717) is 11.6 Å². The third-order valence-corrected chi connectivity index (χ3v) is 1.70. The Morgan fingerprint density at radius 2 is 2.08 bits per heavy atom. The van der Waals surface area contributed by atoms with E-state index in [-0.39, 0.29) is 0 Å². The standard InChI is InChI=1S/C7H14N6/c1-2-3-5-6(8)11-4-12-7(5)13(9)10/h4H,2-3,9-10H2,1H3,(H2,8,11,12). The number of rotatable bonds is 3. The predicted octanol–water partition coefficient (Wildman–Crippen LogP) is -0.435. The Morgan fingerprint density at radius 1 is 1.38 bits per heavy atom. The van der Waals surface area contributed by atoms with Crippen LogP contribution < -0.4 is 22.5 Å². The monoisotopic (exact) mass is 182 g/mol. The molecule has 0 aliphatic carbocycles. The first-order chi connectivity index (χ1) is 6.16. The van der Waals surface area contributed by atoms with Gasteiger partial charge in [-0.1, -0.05) is 13.3 Å². The van der Waals surface area contributed by atoms with Gasteiger partial charge in [-0.25, -0.2) is 26.8 Å². The van der Waals surface area contributed by atoms with E-state index in [0.717, 1.165) is 23.5 Å². The first-order valence-electron chi connectivity index (χ1n) is 4.05. The Morgan fingerprint density at radius 3 is 2.62 bits per heavy atom. The van der Waals surface area contributed by atoms with E-state index in [9.17, 15) is 0 Å². The number of anilines is 2. The zero-order valence-electron chi connectivity index (χ0n) is 7.57. The lowest BCUT2D eigenvalue weighted by Crippen LogP contribution is -2.39. The Bertz CT molecular complexity index is 284. The summed E-state index contributed by atoms with van der Waals surface area (Å²) in [6.45, 7) is 2.04. The Labute approximate surface area is 76.7 Å². The van der Waals surface area contributed by atoms with Gasteiger partial charge in [-0.15, -0.1) is 0 Å². The van der Waals surface area contributed by atoms with Gasteiger partial charge in [0, 0.05) is 5.56 Å². The first kappa shape index (κ1) is 9.69. The highest BCUT2D eigenvalue weighted by Gasteiger charge is 2.10. The highest BCUT2D eigenvalue weighted by atomic mass is 15.6. The van der Waals surface area contributed by atoms with Crippen LogP contribution in [0, 0.1) is 0 Å². The molecule has 1 aromatic heterocycles. The maximum atomic E-state index is 5.66. The maximum absolute atomic E-state index is 5.66. The summed E-state index contributed by atoms with van der Waals surface area (Å²) < 4.78 is 0. The fourth-order valence-electron chi connectivity index (χ4n) is 1.13. The Kier molecular flexibility index (Phi) is 2.99. The van der Waals surface area contributed by atoms with Crippen LogP contribution in [0.4, 0.5) is 11.6 Å². The molecule has 0 atom stereocenters. The summed E-state index contributed by atoms with van der Waals surface area (Å²) in [4.78, 5) is 7.81. The fraction of sp³-hybridized carbons (Fsp3) is 0.429. The van der Waals surface area contributed by atoms with Gasteiger partial charge in [0.2, 0.25) is 0 Å². The van der Waals surface area contributed by atoms with Crippen LogP contribution in [0.25, 0.3) is 0 Å². The normalized spacial score (nSPS) is 10.1. The maximum Gasteiger partial charge on any atom is 0.166 e. The van der Waals surface area contributed by atoms with Gasteiger partial charge in [-0.2, -0.15) is 0 Å². The number of hydrogen-bond acceptors (Lipinski definition) is 6. The van der Waals surface area contributed by atoms with Crippen LogP contribution in [-0.4, -0.2) is 9.97 Å². The van der Waals surface area contributed by atoms with Crippen molar-refractivity contribution < 1.29 is 0 Å². The molecule has 1 aromatic rings. The minimum atomic E-state index is 0.438. The molecular formula is C7H14N6. The second-order valence-electron chi connectivity index (χ2n) is 2.72. The summed E-state index contributed by atoms with van der Waals surface area (Å²) >= 11 is 0. The van der Waals surface area contributed by atoms with E-state index in [1.807, 2.05) is 6.92 Å². The number of hydrazine groups is 2. The van der Waals surface area contributed by atoms with E-state index in [1.165, 1.54) is 6.33 Å². The third-order valence-electron chi connectivity index (χ3n) is 1.70. The van der Waals surface area contributed by atoms with E-state index >= 15 is 0 Å². The molecule has 72 valence electrons. The van der Waals surface area contributed by atoms with Gasteiger partial charge in [0.1, 0.15) is 12.1 Å². The molecule has 0 spiro atoms. The molecule has 6 N–H and O–H groups in total. The van der Waals surface area contributed by atoms with Gasteiger partial charge < -0.3 is 5.73 Å². The van der Waals surface area contributed by atoms with E-state index in [1.54, 1.807) is 0 Å². The lowest BCUT2D eigenvalue weighted by molar-refractivity contribution is 0.841. The van der Waals surface area contributed by atoms with Crippen LogP contribution in [0.15, 0.2) is 6.33 Å². The van der Waals surface area contributed by atoms with Crippen molar-refractivity contribution in [3.05, 3.63) is 11.9 Å². The fourth-order valence-corrected chi connectivity index (χ4v) is 1.13. The highest BCUT2D eigenvalue weighted by molar-refractivity contribution is 5.54. The molecule has 0 amide bonds. The Balaban J connectivity index is 3.09. The van der Waals surface area contributed by atoms with Gasteiger partial charge in [0.15, 0.2) is 5.82 Å². The van der Waals surface area contributed by atoms with Crippen LogP contribution in [0.3, 0.4) is 0 Å². The first-order valence-corrected chi connectivity index (χ1v) is 4.05. The highest BCUT2D eigenvalue weighted by Crippen LogP contribution is 2.19. The largest absolute Gasteiger partial charge is 0.383 e. The topological polar surface area (TPSA) is 107 Å². The van der Waals surface area contributed by atoms with Gasteiger partial charge in [-0.3, -0.25) is 0 Å². The molecule has 0 aromatic carbocycles. The molecule has 1 rings (SSSR count). The predicted molar refractivity (Wildman–Crippen MR) is 51.3 cm³/mol. The molecular weight excluding hydrogens is 168 g/mol. The van der Waals surface area contributed by atoms with Crippen molar-refractivity contribution in [3.8, 4) is 0 Å². The van der Waals surface area contributed by atoms with Crippen molar-refractivity contribution in [2.75, 3.05) is 10.9 Å². The number of aromatic nitrogens is 2. The number of nitrogens with zero attached hydrogens (tertiary/aromatic N) is 3. The van der Waals surface area contributed by atoms with Crippen molar-refractivity contribution in [2.45, 2.75) is 19.8 Å². The average molecular weight is 182 g/mol. The zero-order chi connectivity index (χ0) is 9.84. The van der Waals surface area contributed by atoms with Crippen molar-refractivity contribution in [1.82, 2.24) is 9.97 Å². The second kappa shape index (κ2) is 4.01. The minimum absolute atomic E-state index is 0.438. The molecule has 0 aliphatic heterocycles. The van der Waals surface area contributed by atoms with Gasteiger partial charge >= 0.3 is 0 Å². The van der Waals surface area contributed by atoms with Crippen LogP contribution >= 0.6 is 0 Å². The molecule has 6 nitrogen and oxygen atoms in total. The average Bonchev–Trinajstić information content (AvgIpc) is 2.08. The molecule has 0 radical (unpaired) electrons. The van der Waals surface area contributed by atoms with Crippen LogP contribution in [0.5, 0.6) is 0 Å². The van der Waals surface area contributed by atoms with E-state index in [4.69, 9.17) is 17.4 Å². The lowest BCUT2D eigenvalue weighted by Gasteiger charge is -2.15. The zero-order valence-corrected chi connectivity index (χ0v) is 7.57. The molecule has 13 heavy (non-hydrogen) atoms. The summed E-state index contributed by atoms with van der Waals surface area (Å²) in [5.41, 5.74) is 6.46. The molecule has 0 saturated heterocycles. The minimum Gasteiger partial charge on any atom is -0.383 e. The number of nitrogen functional groups attached to an aromatic ring is 1. The van der Waals surface area contributed by atoms with Crippen molar-refractivity contribution in [1.29, 1.82) is 0 Å². The SMILES string of the molecule is CCCc1c(N)ncnc1N(N)N. The van der Waals surface area contributed by atoms with Gasteiger partial charge in [0.25, 0.3) is 0 Å². The van der Waals surface area contributed by atoms with E-state index in [2.05, 4.69) is 9.97 Å². The molecule has 0 saturated carbocycles. The number of hydrogen-bond donors (Lipinski definition) is 3. The van der Waals surface area contributed by atoms with Gasteiger partial charge in [0.05, 0.1) is 0 Å².